The third-order valence-corrected chi connectivity index (χ3v) is 8.91. The van der Waals surface area contributed by atoms with Gasteiger partial charge in [-0.2, -0.15) is 0 Å². The van der Waals surface area contributed by atoms with Crippen molar-refractivity contribution in [3.8, 4) is 0 Å². The van der Waals surface area contributed by atoms with Crippen molar-refractivity contribution in [1.29, 1.82) is 0 Å². The summed E-state index contributed by atoms with van der Waals surface area (Å²) in [5.41, 5.74) is 9.27. The first kappa shape index (κ1) is 21.2. The molecule has 2 aliphatic carbocycles. The largest absolute Gasteiger partial charge is 0.465 e. The molecule has 4 rings (SSSR count). The SMILES string of the molecule is CC1=C(CCC2C(c3ccco3)=Cc3c2cccc3[Si](C)(C)C)CC(C(C)(C)C)=C1. The second kappa shape index (κ2) is 7.57. The van der Waals surface area contributed by atoms with Gasteiger partial charge >= 0.3 is 0 Å². The minimum atomic E-state index is -1.42. The molecule has 1 nitrogen and oxygen atoms in total. The molecule has 2 aromatic rings. The summed E-state index contributed by atoms with van der Waals surface area (Å²) in [7, 11) is -1.42. The van der Waals surface area contributed by atoms with Crippen LogP contribution < -0.4 is 5.19 Å². The molecule has 0 fully saturated rings. The van der Waals surface area contributed by atoms with Crippen LogP contribution in [0.4, 0.5) is 0 Å². The molecule has 0 spiro atoms. The van der Waals surface area contributed by atoms with Crippen molar-refractivity contribution in [3.05, 3.63) is 76.3 Å². The Morgan fingerprint density at radius 1 is 1.03 bits per heavy atom. The van der Waals surface area contributed by atoms with Crippen molar-refractivity contribution >= 4 is 24.9 Å². The monoisotopic (exact) mass is 416 g/mol. The molecule has 0 saturated heterocycles. The van der Waals surface area contributed by atoms with E-state index in [0.29, 0.717) is 5.92 Å². The predicted molar refractivity (Wildman–Crippen MR) is 133 cm³/mol. The Balaban J connectivity index is 1.64. The van der Waals surface area contributed by atoms with E-state index < -0.39 is 8.07 Å². The van der Waals surface area contributed by atoms with E-state index >= 15 is 0 Å². The number of hydrogen-bond acceptors (Lipinski definition) is 1. The van der Waals surface area contributed by atoms with E-state index in [9.17, 15) is 0 Å². The molecule has 1 unspecified atom stereocenters. The molecule has 0 N–H and O–H groups in total. The summed E-state index contributed by atoms with van der Waals surface area (Å²) >= 11 is 0. The van der Waals surface area contributed by atoms with Crippen molar-refractivity contribution in [1.82, 2.24) is 0 Å². The normalized spacial score (nSPS) is 19.2. The van der Waals surface area contributed by atoms with Crippen LogP contribution in [0.1, 0.15) is 69.8 Å². The Morgan fingerprint density at radius 3 is 2.40 bits per heavy atom. The molecule has 158 valence electrons. The van der Waals surface area contributed by atoms with Crippen LogP contribution in [-0.4, -0.2) is 8.07 Å². The standard InChI is InChI=1S/C28H36OSi/c1-19-16-21(28(2,3)4)17-20(19)13-14-23-22-10-8-12-27(30(5,6)7)25(22)18-24(23)26-11-9-15-29-26/h8-12,15-16,18,23H,13-14,17H2,1-7H3. The number of fused-ring (bicyclic) bond motifs is 1. The first-order valence-electron chi connectivity index (χ1n) is 11.3. The van der Waals surface area contributed by atoms with Crippen LogP contribution in [0.2, 0.25) is 19.6 Å². The molecule has 2 aliphatic rings. The Kier molecular flexibility index (Phi) is 5.34. The Hall–Kier alpha value is -2.06. The first-order chi connectivity index (χ1) is 14.1. The van der Waals surface area contributed by atoms with E-state index in [4.69, 9.17) is 4.42 Å². The van der Waals surface area contributed by atoms with Gasteiger partial charge in [-0.3, -0.25) is 0 Å². The lowest BCUT2D eigenvalue weighted by molar-refractivity contribution is 0.492. The molecular formula is C28H36OSi. The van der Waals surface area contributed by atoms with Gasteiger partial charge in [0.25, 0.3) is 0 Å². The highest BCUT2D eigenvalue weighted by Crippen LogP contribution is 2.46. The van der Waals surface area contributed by atoms with E-state index in [1.165, 1.54) is 22.3 Å². The minimum absolute atomic E-state index is 0.258. The van der Waals surface area contributed by atoms with Gasteiger partial charge in [-0.15, -0.1) is 0 Å². The average molecular weight is 417 g/mol. The number of allylic oxidation sites excluding steroid dienone is 5. The molecule has 1 aromatic heterocycles. The molecular weight excluding hydrogens is 380 g/mol. The zero-order chi connectivity index (χ0) is 21.7. The van der Waals surface area contributed by atoms with Crippen LogP contribution in [0, 0.1) is 5.41 Å². The first-order valence-corrected chi connectivity index (χ1v) is 14.8. The van der Waals surface area contributed by atoms with Crippen LogP contribution in [0.5, 0.6) is 0 Å². The Labute approximate surface area is 183 Å². The molecule has 0 aliphatic heterocycles. The molecule has 0 radical (unpaired) electrons. The van der Waals surface area contributed by atoms with E-state index in [1.54, 1.807) is 22.6 Å². The summed E-state index contributed by atoms with van der Waals surface area (Å²) in [6.45, 7) is 16.6. The maximum Gasteiger partial charge on any atom is 0.130 e. The van der Waals surface area contributed by atoms with Crippen molar-refractivity contribution in [2.24, 2.45) is 5.41 Å². The van der Waals surface area contributed by atoms with E-state index in [-0.39, 0.29) is 5.41 Å². The Bertz CT molecular complexity index is 1030. The van der Waals surface area contributed by atoms with Crippen molar-refractivity contribution < 1.29 is 4.42 Å². The summed E-state index contributed by atoms with van der Waals surface area (Å²) in [5, 5.41) is 1.57. The molecule has 0 bridgehead atoms. The molecule has 30 heavy (non-hydrogen) atoms. The minimum Gasteiger partial charge on any atom is -0.465 e. The van der Waals surface area contributed by atoms with E-state index in [0.717, 1.165) is 25.0 Å². The molecule has 1 heterocycles. The second-order valence-electron chi connectivity index (χ2n) is 11.1. The van der Waals surface area contributed by atoms with Crippen LogP contribution >= 0.6 is 0 Å². The van der Waals surface area contributed by atoms with Crippen LogP contribution in [0.15, 0.2) is 63.8 Å². The number of hydrogen-bond donors (Lipinski definition) is 0. The predicted octanol–water partition coefficient (Wildman–Crippen LogP) is 7.94. The van der Waals surface area contributed by atoms with Gasteiger partial charge in [-0.25, -0.2) is 0 Å². The fourth-order valence-corrected chi connectivity index (χ4v) is 6.61. The molecule has 2 heteroatoms. The lowest BCUT2D eigenvalue weighted by Crippen LogP contribution is -2.39. The maximum atomic E-state index is 5.88. The zero-order valence-corrected chi connectivity index (χ0v) is 20.7. The van der Waals surface area contributed by atoms with E-state index in [2.05, 4.69) is 83.8 Å². The topological polar surface area (TPSA) is 13.1 Å². The molecule has 1 aromatic carbocycles. The van der Waals surface area contributed by atoms with Crippen molar-refractivity contribution in [2.45, 2.75) is 72.5 Å². The molecule has 0 saturated carbocycles. The van der Waals surface area contributed by atoms with Crippen LogP contribution in [0.25, 0.3) is 11.6 Å². The van der Waals surface area contributed by atoms with Crippen LogP contribution in [-0.2, 0) is 0 Å². The maximum absolute atomic E-state index is 5.88. The number of furan rings is 1. The van der Waals surface area contributed by atoms with Gasteiger partial charge < -0.3 is 4.42 Å². The average Bonchev–Trinajstić information content (AvgIpc) is 3.36. The lowest BCUT2D eigenvalue weighted by atomic mass is 9.83. The highest BCUT2D eigenvalue weighted by atomic mass is 28.3. The van der Waals surface area contributed by atoms with Gasteiger partial charge in [-0.1, -0.05) is 86.6 Å². The van der Waals surface area contributed by atoms with Gasteiger partial charge in [-0.05, 0) is 60.9 Å². The van der Waals surface area contributed by atoms with Gasteiger partial charge in [0.15, 0.2) is 0 Å². The van der Waals surface area contributed by atoms with Gasteiger partial charge in [0.05, 0.1) is 14.3 Å². The number of benzene rings is 1. The fourth-order valence-electron chi connectivity index (χ4n) is 4.99. The highest BCUT2D eigenvalue weighted by molar-refractivity contribution is 6.89. The third kappa shape index (κ3) is 3.95. The number of rotatable bonds is 5. The smallest absolute Gasteiger partial charge is 0.130 e. The fraction of sp³-hybridized carbons (Fsp3) is 0.429. The summed E-state index contributed by atoms with van der Waals surface area (Å²) in [6.07, 6.45) is 10.1. The zero-order valence-electron chi connectivity index (χ0n) is 19.7. The third-order valence-electron chi connectivity index (χ3n) is 6.85. The summed E-state index contributed by atoms with van der Waals surface area (Å²) in [6, 6.07) is 11.1. The highest BCUT2D eigenvalue weighted by Gasteiger charge is 2.32. The lowest BCUT2D eigenvalue weighted by Gasteiger charge is -2.23. The second-order valence-corrected chi connectivity index (χ2v) is 16.1. The summed E-state index contributed by atoms with van der Waals surface area (Å²) in [5.74, 6) is 1.45. The van der Waals surface area contributed by atoms with Crippen molar-refractivity contribution in [2.75, 3.05) is 0 Å². The quantitative estimate of drug-likeness (QED) is 0.451. The van der Waals surface area contributed by atoms with Crippen LogP contribution in [0.3, 0.4) is 0 Å². The Morgan fingerprint density at radius 2 is 1.80 bits per heavy atom. The molecule has 1 atom stereocenters. The van der Waals surface area contributed by atoms with Crippen molar-refractivity contribution in [3.63, 3.8) is 0 Å². The molecule has 0 amide bonds. The van der Waals surface area contributed by atoms with Gasteiger partial charge in [0.1, 0.15) is 5.76 Å². The van der Waals surface area contributed by atoms with Gasteiger partial charge in [0.2, 0.25) is 0 Å². The summed E-state index contributed by atoms with van der Waals surface area (Å²) < 4.78 is 5.88. The van der Waals surface area contributed by atoms with Gasteiger partial charge in [0, 0.05) is 11.5 Å². The summed E-state index contributed by atoms with van der Waals surface area (Å²) in [4.78, 5) is 0. The van der Waals surface area contributed by atoms with E-state index in [1.807, 2.05) is 6.07 Å².